The van der Waals surface area contributed by atoms with Crippen molar-refractivity contribution in [3.8, 4) is 5.75 Å². The van der Waals surface area contributed by atoms with Crippen molar-refractivity contribution in [2.45, 2.75) is 24.8 Å². The summed E-state index contributed by atoms with van der Waals surface area (Å²) < 4.78 is 5.18. The normalized spacial score (nSPS) is 23.9. The summed E-state index contributed by atoms with van der Waals surface area (Å²) in [5.41, 5.74) is 1.26. The van der Waals surface area contributed by atoms with E-state index in [1.54, 1.807) is 7.11 Å². The topological polar surface area (TPSA) is 21.3 Å². The van der Waals surface area contributed by atoms with Gasteiger partial charge in [0, 0.05) is 11.9 Å². The maximum Gasteiger partial charge on any atom is 0.119 e. The van der Waals surface area contributed by atoms with Crippen LogP contribution in [0.15, 0.2) is 24.3 Å². The lowest BCUT2D eigenvalue weighted by Crippen LogP contribution is -2.33. The monoisotopic (exact) mass is 239 g/mol. The van der Waals surface area contributed by atoms with Crippen molar-refractivity contribution in [1.82, 2.24) is 5.32 Å². The van der Waals surface area contributed by atoms with Crippen molar-refractivity contribution in [2.24, 2.45) is 5.92 Å². The van der Waals surface area contributed by atoms with Gasteiger partial charge in [0.25, 0.3) is 0 Å². The molecule has 88 valence electrons. The lowest BCUT2D eigenvalue weighted by atomic mass is 9.85. The Morgan fingerprint density at radius 2 is 2.25 bits per heavy atom. The van der Waals surface area contributed by atoms with Gasteiger partial charge in [0.1, 0.15) is 5.75 Å². The summed E-state index contributed by atoms with van der Waals surface area (Å²) in [7, 11) is 1.70. The molecule has 1 aromatic carbocycles. The van der Waals surface area contributed by atoms with E-state index < -0.39 is 0 Å². The van der Waals surface area contributed by atoms with Crippen LogP contribution in [0.5, 0.6) is 5.75 Å². The Morgan fingerprint density at radius 3 is 2.94 bits per heavy atom. The van der Waals surface area contributed by atoms with E-state index in [1.165, 1.54) is 5.56 Å². The molecule has 2 nitrogen and oxygen atoms in total. The van der Waals surface area contributed by atoms with Crippen molar-refractivity contribution in [3.05, 3.63) is 29.8 Å². The van der Waals surface area contributed by atoms with Crippen LogP contribution in [0.1, 0.15) is 18.4 Å². The van der Waals surface area contributed by atoms with Crippen molar-refractivity contribution in [1.29, 1.82) is 0 Å². The molecular weight excluding hydrogens is 222 g/mol. The Kier molecular flexibility index (Phi) is 4.08. The number of nitrogens with one attached hydrogen (secondary N) is 1. The van der Waals surface area contributed by atoms with Crippen molar-refractivity contribution >= 4 is 11.6 Å². The molecule has 1 aliphatic rings. The summed E-state index contributed by atoms with van der Waals surface area (Å²) in [6.45, 7) is 1.97. The first-order valence-electron chi connectivity index (χ1n) is 5.75. The van der Waals surface area contributed by atoms with Crippen LogP contribution in [0, 0.1) is 5.92 Å². The minimum Gasteiger partial charge on any atom is -0.497 e. The van der Waals surface area contributed by atoms with E-state index in [-0.39, 0.29) is 0 Å². The average molecular weight is 240 g/mol. The lowest BCUT2D eigenvalue weighted by molar-refractivity contribution is 0.308. The minimum atomic E-state index is 0.420. The molecule has 0 spiro atoms. The predicted octanol–water partition coefficient (Wildman–Crippen LogP) is 2.80. The molecule has 0 saturated heterocycles. The Bertz CT molecular complexity index is 336. The lowest BCUT2D eigenvalue weighted by Gasteiger charge is -2.31. The molecule has 0 amide bonds. The summed E-state index contributed by atoms with van der Waals surface area (Å²) in [4.78, 5) is 0. The van der Waals surface area contributed by atoms with Crippen LogP contribution in [0.25, 0.3) is 0 Å². The molecule has 0 bridgehead atoms. The molecule has 0 radical (unpaired) electrons. The van der Waals surface area contributed by atoms with Gasteiger partial charge < -0.3 is 10.1 Å². The van der Waals surface area contributed by atoms with Gasteiger partial charge in [-0.25, -0.2) is 0 Å². The Morgan fingerprint density at radius 1 is 1.44 bits per heavy atom. The fourth-order valence-corrected chi connectivity index (χ4v) is 2.53. The van der Waals surface area contributed by atoms with Gasteiger partial charge >= 0.3 is 0 Å². The fourth-order valence-electron chi connectivity index (χ4n) is 2.02. The highest BCUT2D eigenvalue weighted by Gasteiger charge is 2.26. The molecule has 0 aromatic heterocycles. The minimum absolute atomic E-state index is 0.420. The van der Waals surface area contributed by atoms with Gasteiger partial charge in [-0.2, -0.15) is 0 Å². The SMILES string of the molecule is COc1cccc(CNCC2CC(Cl)C2)c1. The van der Waals surface area contributed by atoms with Crippen molar-refractivity contribution in [3.63, 3.8) is 0 Å². The molecule has 1 fully saturated rings. The van der Waals surface area contributed by atoms with Crippen molar-refractivity contribution in [2.75, 3.05) is 13.7 Å². The summed E-state index contributed by atoms with van der Waals surface area (Å²) in [5.74, 6) is 1.69. The van der Waals surface area contributed by atoms with E-state index in [0.717, 1.165) is 37.6 Å². The largest absolute Gasteiger partial charge is 0.497 e. The number of hydrogen-bond donors (Lipinski definition) is 1. The first-order valence-corrected chi connectivity index (χ1v) is 6.19. The van der Waals surface area contributed by atoms with Crippen LogP contribution in [0.4, 0.5) is 0 Å². The van der Waals surface area contributed by atoms with E-state index in [9.17, 15) is 0 Å². The summed E-state index contributed by atoms with van der Waals surface area (Å²) in [5, 5.41) is 3.88. The molecule has 0 heterocycles. The van der Waals surface area contributed by atoms with Crippen LogP contribution >= 0.6 is 11.6 Å². The van der Waals surface area contributed by atoms with Crippen LogP contribution in [-0.4, -0.2) is 19.0 Å². The third kappa shape index (κ3) is 3.13. The van der Waals surface area contributed by atoms with Crippen LogP contribution in [-0.2, 0) is 6.54 Å². The molecule has 3 heteroatoms. The molecule has 2 rings (SSSR count). The highest BCUT2D eigenvalue weighted by molar-refractivity contribution is 6.21. The molecule has 1 aromatic rings. The van der Waals surface area contributed by atoms with Crippen molar-refractivity contribution < 1.29 is 4.74 Å². The van der Waals surface area contributed by atoms with E-state index in [1.807, 2.05) is 12.1 Å². The molecule has 0 unspecified atom stereocenters. The Balaban J connectivity index is 1.72. The number of ether oxygens (including phenoxy) is 1. The maximum atomic E-state index is 5.93. The fraction of sp³-hybridized carbons (Fsp3) is 0.538. The van der Waals surface area contributed by atoms with E-state index >= 15 is 0 Å². The predicted molar refractivity (Wildman–Crippen MR) is 67.1 cm³/mol. The second kappa shape index (κ2) is 5.55. The zero-order chi connectivity index (χ0) is 11.4. The summed E-state index contributed by atoms with van der Waals surface area (Å²) >= 11 is 5.93. The van der Waals surface area contributed by atoms with Gasteiger partial charge in [-0.3, -0.25) is 0 Å². The van der Waals surface area contributed by atoms with Gasteiger partial charge in [0.2, 0.25) is 0 Å². The number of halogens is 1. The van der Waals surface area contributed by atoms with E-state index in [0.29, 0.717) is 5.38 Å². The van der Waals surface area contributed by atoms with Crippen LogP contribution in [0.2, 0.25) is 0 Å². The smallest absolute Gasteiger partial charge is 0.119 e. The van der Waals surface area contributed by atoms with Crippen LogP contribution < -0.4 is 10.1 Å². The van der Waals surface area contributed by atoms with Gasteiger partial charge in [-0.15, -0.1) is 11.6 Å². The molecule has 16 heavy (non-hydrogen) atoms. The van der Waals surface area contributed by atoms with Crippen LogP contribution in [0.3, 0.4) is 0 Å². The molecule has 0 aliphatic heterocycles. The third-order valence-electron chi connectivity index (χ3n) is 3.07. The van der Waals surface area contributed by atoms with Gasteiger partial charge in [0.15, 0.2) is 0 Å². The van der Waals surface area contributed by atoms with Gasteiger partial charge in [0.05, 0.1) is 7.11 Å². The second-order valence-electron chi connectivity index (χ2n) is 4.42. The Hall–Kier alpha value is -0.730. The van der Waals surface area contributed by atoms with Gasteiger partial charge in [-0.05, 0) is 43.0 Å². The first kappa shape index (κ1) is 11.7. The highest BCUT2D eigenvalue weighted by atomic mass is 35.5. The molecule has 1 N–H and O–H groups in total. The quantitative estimate of drug-likeness (QED) is 0.798. The number of alkyl halides is 1. The molecular formula is C13H18ClNO. The zero-order valence-corrected chi connectivity index (χ0v) is 10.3. The maximum absolute atomic E-state index is 5.93. The number of rotatable bonds is 5. The highest BCUT2D eigenvalue weighted by Crippen LogP contribution is 2.31. The van der Waals surface area contributed by atoms with Gasteiger partial charge in [-0.1, -0.05) is 12.1 Å². The number of benzene rings is 1. The Labute approximate surface area is 102 Å². The first-order chi connectivity index (χ1) is 7.78. The number of hydrogen-bond acceptors (Lipinski definition) is 2. The third-order valence-corrected chi connectivity index (χ3v) is 3.43. The molecule has 1 saturated carbocycles. The average Bonchev–Trinajstić information content (AvgIpc) is 2.27. The molecule has 1 aliphatic carbocycles. The van der Waals surface area contributed by atoms with E-state index in [4.69, 9.17) is 16.3 Å². The summed E-state index contributed by atoms with van der Waals surface area (Å²) in [6.07, 6.45) is 2.32. The summed E-state index contributed by atoms with van der Waals surface area (Å²) in [6, 6.07) is 8.17. The van der Waals surface area contributed by atoms with E-state index in [2.05, 4.69) is 17.4 Å². The standard InChI is InChI=1S/C13H18ClNO/c1-16-13-4-2-3-10(7-13)8-15-9-11-5-12(14)6-11/h2-4,7,11-12,15H,5-6,8-9H2,1H3. The zero-order valence-electron chi connectivity index (χ0n) is 9.58. The molecule has 0 atom stereocenters. The second-order valence-corrected chi connectivity index (χ2v) is 5.03. The number of methoxy groups -OCH3 is 1.